The van der Waals surface area contributed by atoms with Gasteiger partial charge in [-0.25, -0.2) is 4.68 Å². The van der Waals surface area contributed by atoms with Gasteiger partial charge in [0.15, 0.2) is 11.5 Å². The Bertz CT molecular complexity index is 1430. The molecule has 38 heavy (non-hydrogen) atoms. The molecule has 0 radical (unpaired) electrons. The summed E-state index contributed by atoms with van der Waals surface area (Å²) in [5.41, 5.74) is 5.66. The predicted molar refractivity (Wildman–Crippen MR) is 145 cm³/mol. The molecule has 3 heterocycles. The van der Waals surface area contributed by atoms with E-state index in [0.717, 1.165) is 53.5 Å². The van der Waals surface area contributed by atoms with Crippen molar-refractivity contribution in [3.63, 3.8) is 0 Å². The number of hydrogen-bond acceptors (Lipinski definition) is 5. The van der Waals surface area contributed by atoms with Crippen molar-refractivity contribution in [1.29, 1.82) is 0 Å². The third-order valence-corrected chi connectivity index (χ3v) is 7.23. The average Bonchev–Trinajstić information content (AvgIpc) is 3.63. The molecule has 4 aromatic rings. The number of hydrogen-bond donors (Lipinski definition) is 0. The lowest BCUT2D eigenvalue weighted by Gasteiger charge is -2.22. The smallest absolute Gasteiger partial charge is 0.256 e. The van der Waals surface area contributed by atoms with E-state index < -0.39 is 0 Å². The van der Waals surface area contributed by atoms with E-state index >= 15 is 0 Å². The Morgan fingerprint density at radius 1 is 1.08 bits per heavy atom. The summed E-state index contributed by atoms with van der Waals surface area (Å²) in [5, 5.41) is 4.34. The van der Waals surface area contributed by atoms with Gasteiger partial charge in [-0.3, -0.25) is 4.79 Å². The minimum atomic E-state index is -0.0561. The van der Waals surface area contributed by atoms with Crippen molar-refractivity contribution >= 4 is 5.91 Å². The summed E-state index contributed by atoms with van der Waals surface area (Å²) in [6, 6.07) is 21.9. The second-order valence-corrected chi connectivity index (χ2v) is 9.86. The van der Waals surface area contributed by atoms with Crippen LogP contribution in [0.4, 0.5) is 0 Å². The Balaban J connectivity index is 1.36. The van der Waals surface area contributed by atoms with Crippen LogP contribution in [-0.2, 0) is 11.3 Å². The van der Waals surface area contributed by atoms with Crippen molar-refractivity contribution in [3.05, 3.63) is 95.8 Å². The van der Waals surface area contributed by atoms with Crippen LogP contribution in [0.15, 0.2) is 79.1 Å². The number of rotatable bonds is 6. The van der Waals surface area contributed by atoms with E-state index in [1.54, 1.807) is 10.9 Å². The highest BCUT2D eigenvalue weighted by Crippen LogP contribution is 2.40. The van der Waals surface area contributed by atoms with Crippen molar-refractivity contribution < 1.29 is 19.0 Å². The van der Waals surface area contributed by atoms with Crippen molar-refractivity contribution in [2.45, 2.75) is 19.9 Å². The van der Waals surface area contributed by atoms with Gasteiger partial charge in [-0.05, 0) is 60.4 Å². The fourth-order valence-electron chi connectivity index (χ4n) is 5.17. The Kier molecular flexibility index (Phi) is 6.84. The molecule has 0 spiro atoms. The third kappa shape index (κ3) is 4.89. The quantitative estimate of drug-likeness (QED) is 0.353. The summed E-state index contributed by atoms with van der Waals surface area (Å²) in [7, 11) is 0. The van der Waals surface area contributed by atoms with Crippen LogP contribution in [0.25, 0.3) is 16.8 Å². The number of aryl methyl sites for hydroxylation is 1. The minimum Gasteiger partial charge on any atom is -0.489 e. The Labute approximate surface area is 222 Å². The van der Waals surface area contributed by atoms with Crippen LogP contribution < -0.4 is 9.47 Å². The summed E-state index contributed by atoms with van der Waals surface area (Å²) < 4.78 is 19.9. The van der Waals surface area contributed by atoms with Gasteiger partial charge in [-0.2, -0.15) is 5.10 Å². The zero-order valence-corrected chi connectivity index (χ0v) is 21.5. The van der Waals surface area contributed by atoms with E-state index in [-0.39, 0.29) is 5.91 Å². The number of carbonyl (C=O) groups excluding carboxylic acids is 1. The molecule has 1 aromatic heterocycles. The lowest BCUT2D eigenvalue weighted by atomic mass is 9.97. The maximum atomic E-state index is 13.9. The zero-order valence-electron chi connectivity index (χ0n) is 21.5. The highest BCUT2D eigenvalue weighted by Gasteiger charge is 2.27. The van der Waals surface area contributed by atoms with Crippen molar-refractivity contribution in [2.75, 3.05) is 33.0 Å². The van der Waals surface area contributed by atoms with E-state index in [1.807, 2.05) is 53.6 Å². The topological polar surface area (TPSA) is 65.8 Å². The second kappa shape index (κ2) is 10.7. The van der Waals surface area contributed by atoms with Gasteiger partial charge in [0.1, 0.15) is 6.61 Å². The minimum absolute atomic E-state index is 0.0561. The Morgan fingerprint density at radius 3 is 2.76 bits per heavy atom. The van der Waals surface area contributed by atoms with E-state index in [1.165, 1.54) is 5.56 Å². The van der Waals surface area contributed by atoms with Crippen molar-refractivity contribution in [1.82, 2.24) is 14.7 Å². The van der Waals surface area contributed by atoms with Crippen LogP contribution in [0.1, 0.15) is 27.9 Å². The molecule has 1 fully saturated rings. The molecule has 0 aliphatic carbocycles. The number of aromatic nitrogens is 2. The maximum absolute atomic E-state index is 13.9. The number of amides is 1. The number of fused-ring (bicyclic) bond motifs is 1. The fraction of sp³-hybridized carbons (Fsp3) is 0.290. The number of carbonyl (C=O) groups is 1. The third-order valence-electron chi connectivity index (χ3n) is 7.23. The molecule has 0 bridgehead atoms. The first-order chi connectivity index (χ1) is 18.7. The number of nitrogens with zero attached hydrogens (tertiary/aromatic N) is 3. The summed E-state index contributed by atoms with van der Waals surface area (Å²) >= 11 is 0. The van der Waals surface area contributed by atoms with Crippen LogP contribution in [0.5, 0.6) is 11.5 Å². The normalized spacial score (nSPS) is 17.0. The molecule has 194 valence electrons. The summed E-state index contributed by atoms with van der Waals surface area (Å²) in [6.45, 7) is 5.46. The van der Waals surface area contributed by atoms with E-state index in [4.69, 9.17) is 14.2 Å². The lowest BCUT2D eigenvalue weighted by molar-refractivity contribution is 0.0733. The second-order valence-electron chi connectivity index (χ2n) is 9.86. The highest BCUT2D eigenvalue weighted by molar-refractivity contribution is 5.97. The van der Waals surface area contributed by atoms with E-state index in [0.29, 0.717) is 37.8 Å². The van der Waals surface area contributed by atoms with Crippen LogP contribution in [0.2, 0.25) is 0 Å². The molecule has 1 saturated heterocycles. The standard InChI is InChI=1S/C31H31N3O4/c1-22-7-2-3-8-26(22)24-17-25-19-33(31(35)27-9-4-5-10-28(27)34-13-6-12-32-34)14-16-37-30(25)29(18-24)38-21-23-11-15-36-20-23/h2-10,12-13,17-18,23H,11,14-16,19-21H2,1H3. The highest BCUT2D eigenvalue weighted by atomic mass is 16.5. The van der Waals surface area contributed by atoms with Crippen LogP contribution in [-0.4, -0.2) is 53.6 Å². The largest absolute Gasteiger partial charge is 0.489 e. The summed E-state index contributed by atoms with van der Waals surface area (Å²) in [6.07, 6.45) is 4.56. The Morgan fingerprint density at radius 2 is 1.95 bits per heavy atom. The van der Waals surface area contributed by atoms with Gasteiger partial charge in [0.25, 0.3) is 5.91 Å². The van der Waals surface area contributed by atoms with Gasteiger partial charge in [0.05, 0.1) is 31.0 Å². The van der Waals surface area contributed by atoms with Gasteiger partial charge in [0, 0.05) is 37.0 Å². The zero-order chi connectivity index (χ0) is 25.9. The first-order valence-corrected chi connectivity index (χ1v) is 13.1. The summed E-state index contributed by atoms with van der Waals surface area (Å²) in [4.78, 5) is 15.7. The lowest BCUT2D eigenvalue weighted by Crippen LogP contribution is -2.33. The molecular weight excluding hydrogens is 478 g/mol. The van der Waals surface area contributed by atoms with Crippen LogP contribution in [0, 0.1) is 12.8 Å². The van der Waals surface area contributed by atoms with Crippen molar-refractivity contribution in [2.24, 2.45) is 5.92 Å². The molecular formula is C31H31N3O4. The molecule has 1 atom stereocenters. The van der Waals surface area contributed by atoms with Gasteiger partial charge >= 0.3 is 0 Å². The predicted octanol–water partition coefficient (Wildman–Crippen LogP) is 5.30. The van der Waals surface area contributed by atoms with Gasteiger partial charge in [0.2, 0.25) is 0 Å². The molecule has 2 aliphatic heterocycles. The molecule has 7 nitrogen and oxygen atoms in total. The molecule has 0 N–H and O–H groups in total. The monoisotopic (exact) mass is 509 g/mol. The molecule has 2 aliphatic rings. The van der Waals surface area contributed by atoms with Crippen LogP contribution in [0.3, 0.4) is 0 Å². The van der Waals surface area contributed by atoms with E-state index in [2.05, 4.69) is 36.3 Å². The maximum Gasteiger partial charge on any atom is 0.256 e. The molecule has 3 aromatic carbocycles. The first-order valence-electron chi connectivity index (χ1n) is 13.1. The van der Waals surface area contributed by atoms with Crippen molar-refractivity contribution in [3.8, 4) is 28.3 Å². The fourth-order valence-corrected chi connectivity index (χ4v) is 5.17. The van der Waals surface area contributed by atoms with Gasteiger partial charge in [-0.15, -0.1) is 0 Å². The molecule has 1 amide bonds. The first kappa shape index (κ1) is 24.2. The molecule has 0 saturated carbocycles. The number of benzene rings is 3. The van der Waals surface area contributed by atoms with Crippen LogP contribution >= 0.6 is 0 Å². The number of ether oxygens (including phenoxy) is 3. The molecule has 7 heteroatoms. The van der Waals surface area contributed by atoms with Gasteiger partial charge in [-0.1, -0.05) is 36.4 Å². The molecule has 6 rings (SSSR count). The summed E-state index contributed by atoms with van der Waals surface area (Å²) in [5.74, 6) is 1.76. The Hall–Kier alpha value is -4.10. The SMILES string of the molecule is Cc1ccccc1-c1cc2c(c(OCC3CCOC3)c1)OCCN(C(=O)c1ccccc1-n1cccn1)C2. The van der Waals surface area contributed by atoms with Gasteiger partial charge < -0.3 is 19.1 Å². The van der Waals surface area contributed by atoms with E-state index in [9.17, 15) is 4.79 Å². The molecule has 1 unspecified atom stereocenters. The average molecular weight is 510 g/mol. The number of para-hydroxylation sites is 1.